The summed E-state index contributed by atoms with van der Waals surface area (Å²) in [6, 6.07) is 29.5. The molecular formula is C20H15P. The molecule has 0 saturated carbocycles. The van der Waals surface area contributed by atoms with E-state index in [9.17, 15) is 0 Å². The van der Waals surface area contributed by atoms with Gasteiger partial charge in [0.25, 0.3) is 0 Å². The van der Waals surface area contributed by atoms with Gasteiger partial charge in [0.2, 0.25) is 0 Å². The van der Waals surface area contributed by atoms with Crippen LogP contribution in [0, 0.1) is 12.3 Å². The summed E-state index contributed by atoms with van der Waals surface area (Å²) in [5, 5.41) is 3.88. The third-order valence-electron chi connectivity index (χ3n) is 3.33. The molecule has 21 heavy (non-hydrogen) atoms. The van der Waals surface area contributed by atoms with Gasteiger partial charge in [0.05, 0.1) is 0 Å². The molecule has 3 aromatic carbocycles. The van der Waals surface area contributed by atoms with Gasteiger partial charge >= 0.3 is 0 Å². The molecule has 3 aromatic rings. The molecule has 0 aromatic heterocycles. The highest BCUT2D eigenvalue weighted by Gasteiger charge is 2.18. The fourth-order valence-electron chi connectivity index (χ4n) is 2.37. The number of hydrogen-bond donors (Lipinski definition) is 0. The van der Waals surface area contributed by atoms with Crippen molar-refractivity contribution in [2.45, 2.75) is 0 Å². The van der Waals surface area contributed by atoms with E-state index in [0.717, 1.165) is 5.56 Å². The minimum atomic E-state index is -0.615. The van der Waals surface area contributed by atoms with Gasteiger partial charge in [-0.3, -0.25) is 0 Å². The lowest BCUT2D eigenvalue weighted by Crippen LogP contribution is -2.22. The average molecular weight is 286 g/mol. The Kier molecular flexibility index (Phi) is 4.15. The van der Waals surface area contributed by atoms with Crippen LogP contribution in [0.2, 0.25) is 0 Å². The van der Waals surface area contributed by atoms with Crippen molar-refractivity contribution in [3.63, 3.8) is 0 Å². The van der Waals surface area contributed by atoms with Crippen molar-refractivity contribution in [2.24, 2.45) is 0 Å². The SMILES string of the molecule is C#Cc1ccccc1P(c1ccccc1)c1ccccc1. The Balaban J connectivity index is 2.21. The van der Waals surface area contributed by atoms with E-state index in [2.05, 4.69) is 78.7 Å². The summed E-state index contributed by atoms with van der Waals surface area (Å²) in [7, 11) is -0.615. The predicted molar refractivity (Wildman–Crippen MR) is 93.1 cm³/mol. The Morgan fingerprint density at radius 1 is 0.619 bits per heavy atom. The minimum absolute atomic E-state index is 0.615. The maximum absolute atomic E-state index is 5.70. The molecular weight excluding hydrogens is 271 g/mol. The van der Waals surface area contributed by atoms with Crippen LogP contribution in [0.25, 0.3) is 0 Å². The second kappa shape index (κ2) is 6.40. The van der Waals surface area contributed by atoms with Crippen LogP contribution in [0.15, 0.2) is 84.9 Å². The molecule has 0 aliphatic heterocycles. The number of benzene rings is 3. The van der Waals surface area contributed by atoms with E-state index in [4.69, 9.17) is 6.42 Å². The maximum atomic E-state index is 5.70. The molecule has 0 amide bonds. The van der Waals surface area contributed by atoms with Crippen molar-refractivity contribution in [3.05, 3.63) is 90.5 Å². The fourth-order valence-corrected chi connectivity index (χ4v) is 4.78. The molecule has 0 N–H and O–H groups in total. The zero-order valence-corrected chi connectivity index (χ0v) is 12.5. The van der Waals surface area contributed by atoms with Crippen molar-refractivity contribution < 1.29 is 0 Å². The molecule has 0 heterocycles. The maximum Gasteiger partial charge on any atom is 0.0326 e. The van der Waals surface area contributed by atoms with Crippen LogP contribution >= 0.6 is 7.92 Å². The summed E-state index contributed by atoms with van der Waals surface area (Å²) >= 11 is 0. The lowest BCUT2D eigenvalue weighted by Gasteiger charge is -2.20. The van der Waals surface area contributed by atoms with Crippen LogP contribution in [0.4, 0.5) is 0 Å². The first-order valence-corrected chi connectivity index (χ1v) is 8.20. The van der Waals surface area contributed by atoms with E-state index < -0.39 is 7.92 Å². The van der Waals surface area contributed by atoms with Crippen molar-refractivity contribution in [1.82, 2.24) is 0 Å². The van der Waals surface area contributed by atoms with Crippen LogP contribution in [-0.2, 0) is 0 Å². The first kappa shape index (κ1) is 13.6. The van der Waals surface area contributed by atoms with E-state index in [-0.39, 0.29) is 0 Å². The van der Waals surface area contributed by atoms with Gasteiger partial charge in [-0.05, 0) is 24.6 Å². The Bertz CT molecular complexity index is 715. The van der Waals surface area contributed by atoms with Crippen molar-refractivity contribution in [2.75, 3.05) is 0 Å². The molecule has 0 spiro atoms. The Labute approximate surface area is 127 Å². The molecule has 0 aliphatic rings. The van der Waals surface area contributed by atoms with E-state index in [0.29, 0.717) is 0 Å². The van der Waals surface area contributed by atoms with Crippen LogP contribution < -0.4 is 15.9 Å². The van der Waals surface area contributed by atoms with E-state index in [1.165, 1.54) is 15.9 Å². The predicted octanol–water partition coefficient (Wildman–Crippen LogP) is 3.43. The van der Waals surface area contributed by atoms with Crippen molar-refractivity contribution >= 4 is 23.8 Å². The number of hydrogen-bond acceptors (Lipinski definition) is 0. The summed E-state index contributed by atoms with van der Waals surface area (Å²) < 4.78 is 0. The van der Waals surface area contributed by atoms with Gasteiger partial charge in [0.1, 0.15) is 0 Å². The summed E-state index contributed by atoms with van der Waals surface area (Å²) in [4.78, 5) is 0. The van der Waals surface area contributed by atoms with Gasteiger partial charge in [-0.15, -0.1) is 6.42 Å². The summed E-state index contributed by atoms with van der Waals surface area (Å²) in [5.74, 6) is 2.83. The van der Waals surface area contributed by atoms with Crippen molar-refractivity contribution in [3.8, 4) is 12.3 Å². The summed E-state index contributed by atoms with van der Waals surface area (Å²) in [6.45, 7) is 0. The van der Waals surface area contributed by atoms with Gasteiger partial charge in [-0.2, -0.15) is 0 Å². The quantitative estimate of drug-likeness (QED) is 0.511. The molecule has 0 atom stereocenters. The third-order valence-corrected chi connectivity index (χ3v) is 5.83. The Morgan fingerprint density at radius 3 is 1.62 bits per heavy atom. The van der Waals surface area contributed by atoms with Crippen LogP contribution in [0.5, 0.6) is 0 Å². The second-order valence-corrected chi connectivity index (χ2v) is 6.85. The largest absolute Gasteiger partial charge is 0.115 e. The molecule has 0 fully saturated rings. The number of rotatable bonds is 3. The smallest absolute Gasteiger partial charge is 0.0326 e. The molecule has 100 valence electrons. The highest BCUT2D eigenvalue weighted by atomic mass is 31.1. The molecule has 3 rings (SSSR count). The lowest BCUT2D eigenvalue weighted by molar-refractivity contribution is 1.70. The monoisotopic (exact) mass is 286 g/mol. The van der Waals surface area contributed by atoms with Crippen molar-refractivity contribution in [1.29, 1.82) is 0 Å². The average Bonchev–Trinajstić information content (AvgIpc) is 2.58. The topological polar surface area (TPSA) is 0 Å². The van der Waals surface area contributed by atoms with Crippen LogP contribution in [0.1, 0.15) is 5.56 Å². The highest BCUT2D eigenvalue weighted by molar-refractivity contribution is 7.79. The minimum Gasteiger partial charge on any atom is -0.115 e. The lowest BCUT2D eigenvalue weighted by atomic mass is 10.2. The summed E-state index contributed by atoms with van der Waals surface area (Å²) in [6.07, 6.45) is 5.70. The van der Waals surface area contributed by atoms with E-state index in [1.807, 2.05) is 12.1 Å². The van der Waals surface area contributed by atoms with E-state index >= 15 is 0 Å². The van der Waals surface area contributed by atoms with Gasteiger partial charge in [-0.25, -0.2) is 0 Å². The normalized spacial score (nSPS) is 10.3. The molecule has 0 bridgehead atoms. The first-order valence-electron chi connectivity index (χ1n) is 6.86. The molecule has 0 saturated heterocycles. The Morgan fingerprint density at radius 2 is 1.10 bits per heavy atom. The summed E-state index contributed by atoms with van der Waals surface area (Å²) in [5.41, 5.74) is 0.983. The zero-order chi connectivity index (χ0) is 14.5. The zero-order valence-electron chi connectivity index (χ0n) is 11.6. The first-order chi connectivity index (χ1) is 10.4. The number of terminal acetylenes is 1. The van der Waals surface area contributed by atoms with E-state index in [1.54, 1.807) is 0 Å². The second-order valence-electron chi connectivity index (χ2n) is 4.67. The molecule has 0 aliphatic carbocycles. The third kappa shape index (κ3) is 2.89. The fraction of sp³-hybridized carbons (Fsp3) is 0. The van der Waals surface area contributed by atoms with Gasteiger partial charge < -0.3 is 0 Å². The molecule has 0 radical (unpaired) electrons. The van der Waals surface area contributed by atoms with Crippen LogP contribution in [0.3, 0.4) is 0 Å². The molecule has 1 heteroatoms. The molecule has 0 nitrogen and oxygen atoms in total. The van der Waals surface area contributed by atoms with Gasteiger partial charge in [0.15, 0.2) is 0 Å². The standard InChI is InChI=1S/C20H15P/c1-2-17-11-9-10-16-20(17)21(18-12-5-3-6-13-18)19-14-7-4-8-15-19/h1,3-16H. The van der Waals surface area contributed by atoms with Crippen LogP contribution in [-0.4, -0.2) is 0 Å². The molecule has 0 unspecified atom stereocenters. The highest BCUT2D eigenvalue weighted by Crippen LogP contribution is 2.33. The Hall–Kier alpha value is -2.35. The van der Waals surface area contributed by atoms with Gasteiger partial charge in [-0.1, -0.05) is 84.8 Å². The van der Waals surface area contributed by atoms with Gasteiger partial charge in [0, 0.05) is 10.9 Å².